The van der Waals surface area contributed by atoms with Gasteiger partial charge in [-0.05, 0) is 104 Å². The van der Waals surface area contributed by atoms with Crippen molar-refractivity contribution in [2.24, 2.45) is 0 Å². The van der Waals surface area contributed by atoms with Gasteiger partial charge in [0.2, 0.25) is 0 Å². The molecule has 0 spiro atoms. The van der Waals surface area contributed by atoms with Gasteiger partial charge >= 0.3 is 11.9 Å². The molecule has 0 atom stereocenters. The molecule has 0 aromatic carbocycles. The highest BCUT2D eigenvalue weighted by Crippen LogP contribution is 2.25. The third kappa shape index (κ3) is 5.43. The summed E-state index contributed by atoms with van der Waals surface area (Å²) in [5.41, 5.74) is 5.09. The highest BCUT2D eigenvalue weighted by atomic mass is 16.6. The molecular formula is C24H34N2O4. The van der Waals surface area contributed by atoms with Crippen LogP contribution in [0.2, 0.25) is 0 Å². The van der Waals surface area contributed by atoms with E-state index in [-0.39, 0.29) is 11.9 Å². The van der Waals surface area contributed by atoms with Gasteiger partial charge in [0.15, 0.2) is 0 Å². The summed E-state index contributed by atoms with van der Waals surface area (Å²) in [7, 11) is 0. The van der Waals surface area contributed by atoms with Crippen LogP contribution >= 0.6 is 0 Å². The average Bonchev–Trinajstić information content (AvgIpc) is 3.01. The zero-order valence-corrected chi connectivity index (χ0v) is 19.8. The monoisotopic (exact) mass is 414 g/mol. The van der Waals surface area contributed by atoms with Crippen LogP contribution < -0.4 is 0 Å². The second-order valence-corrected chi connectivity index (χ2v) is 9.66. The first-order valence-corrected chi connectivity index (χ1v) is 10.1. The van der Waals surface area contributed by atoms with Crippen molar-refractivity contribution in [3.8, 4) is 0 Å². The third-order valence-electron chi connectivity index (χ3n) is 4.83. The Morgan fingerprint density at radius 3 is 1.20 bits per heavy atom. The summed E-state index contributed by atoms with van der Waals surface area (Å²) in [5, 5.41) is 0. The highest BCUT2D eigenvalue weighted by molar-refractivity contribution is 5.92. The van der Waals surface area contributed by atoms with Gasteiger partial charge in [0, 0.05) is 11.4 Å². The lowest BCUT2D eigenvalue weighted by molar-refractivity contribution is 0.00502. The number of esters is 2. The van der Waals surface area contributed by atoms with Crippen LogP contribution in [0.1, 0.15) is 96.2 Å². The first-order valence-electron chi connectivity index (χ1n) is 10.1. The van der Waals surface area contributed by atoms with Crippen molar-refractivity contribution in [3.05, 3.63) is 45.0 Å². The molecule has 0 aliphatic rings. The van der Waals surface area contributed by atoms with Gasteiger partial charge in [0.05, 0.1) is 0 Å². The Labute approximate surface area is 179 Å². The molecule has 0 fully saturated rings. The van der Waals surface area contributed by atoms with Crippen LogP contribution in [-0.4, -0.2) is 33.1 Å². The van der Waals surface area contributed by atoms with Gasteiger partial charge in [-0.15, -0.1) is 0 Å². The summed E-state index contributed by atoms with van der Waals surface area (Å²) in [4.78, 5) is 31.3. The molecule has 30 heavy (non-hydrogen) atoms. The third-order valence-corrected chi connectivity index (χ3v) is 4.83. The minimum Gasteiger partial charge on any atom is -0.455 e. The van der Waals surface area contributed by atoms with Gasteiger partial charge in [-0.25, -0.2) is 9.59 Å². The number of ether oxygens (including phenoxy) is 2. The van der Waals surface area contributed by atoms with Gasteiger partial charge in [-0.2, -0.15) is 0 Å². The lowest BCUT2D eigenvalue weighted by atomic mass is 10.1. The molecule has 0 radical (unpaired) electrons. The van der Waals surface area contributed by atoms with Gasteiger partial charge in [-0.3, -0.25) is 0 Å². The number of hydrogen-bond acceptors (Lipinski definition) is 4. The van der Waals surface area contributed by atoms with Crippen molar-refractivity contribution < 1.29 is 19.1 Å². The lowest BCUT2D eigenvalue weighted by Crippen LogP contribution is -2.24. The molecule has 0 aliphatic carbocycles. The van der Waals surface area contributed by atoms with Crippen LogP contribution in [0, 0.1) is 27.7 Å². The minimum absolute atomic E-state index is 0.373. The van der Waals surface area contributed by atoms with Crippen molar-refractivity contribution in [2.75, 3.05) is 0 Å². The standard InChI is InChI=1S/C24H34N2O4/c1-13-15(3)19(21(27)29-23(5,6)7)25-17(13)11-12-18-14(2)16(4)20(26-18)22(28)30-24(8,9)10/h11-12,25-26H,1-10H3/b12-11+. The zero-order valence-electron chi connectivity index (χ0n) is 19.8. The van der Waals surface area contributed by atoms with E-state index in [0.717, 1.165) is 33.6 Å². The van der Waals surface area contributed by atoms with Crippen molar-refractivity contribution in [3.63, 3.8) is 0 Å². The van der Waals surface area contributed by atoms with Crippen molar-refractivity contribution in [1.82, 2.24) is 9.97 Å². The van der Waals surface area contributed by atoms with E-state index < -0.39 is 11.2 Å². The Morgan fingerprint density at radius 1 is 0.633 bits per heavy atom. The number of aromatic amines is 2. The van der Waals surface area contributed by atoms with Crippen molar-refractivity contribution in [2.45, 2.75) is 80.4 Å². The fraction of sp³-hybridized carbons (Fsp3) is 0.500. The second kappa shape index (κ2) is 8.17. The molecular weight excluding hydrogens is 380 g/mol. The SMILES string of the molecule is Cc1c(/C=C/c2[nH]c(C(=O)OC(C)(C)C)c(C)c2C)[nH]c(C(=O)OC(C)(C)C)c1C. The van der Waals surface area contributed by atoms with Crippen LogP contribution in [-0.2, 0) is 9.47 Å². The summed E-state index contributed by atoms with van der Waals surface area (Å²) in [6, 6.07) is 0. The van der Waals surface area contributed by atoms with Crippen LogP contribution in [0.25, 0.3) is 12.2 Å². The van der Waals surface area contributed by atoms with Gasteiger partial charge in [0.1, 0.15) is 22.6 Å². The Morgan fingerprint density at radius 2 is 0.933 bits per heavy atom. The van der Waals surface area contributed by atoms with Crippen molar-refractivity contribution in [1.29, 1.82) is 0 Å². The molecule has 0 bridgehead atoms. The molecule has 2 aromatic rings. The number of carbonyl (C=O) groups excluding carboxylic acids is 2. The summed E-state index contributed by atoms with van der Waals surface area (Å²) in [5.74, 6) is -0.747. The second-order valence-electron chi connectivity index (χ2n) is 9.66. The lowest BCUT2D eigenvalue weighted by Gasteiger charge is -2.19. The first kappa shape index (κ1) is 23.5. The van der Waals surface area contributed by atoms with E-state index in [0.29, 0.717) is 11.4 Å². The Balaban J connectivity index is 2.33. The number of carbonyl (C=O) groups is 2. The molecule has 164 valence electrons. The number of rotatable bonds is 4. The fourth-order valence-corrected chi connectivity index (χ4v) is 2.99. The van der Waals surface area contributed by atoms with Gasteiger partial charge in [0.25, 0.3) is 0 Å². The quantitative estimate of drug-likeness (QED) is 0.633. The molecule has 2 heterocycles. The Kier molecular flexibility index (Phi) is 6.40. The predicted molar refractivity (Wildman–Crippen MR) is 120 cm³/mol. The van der Waals surface area contributed by atoms with E-state index in [9.17, 15) is 9.59 Å². The van der Waals surface area contributed by atoms with E-state index >= 15 is 0 Å². The Hall–Kier alpha value is -2.76. The zero-order chi connectivity index (χ0) is 23.0. The van der Waals surface area contributed by atoms with Crippen LogP contribution in [0.15, 0.2) is 0 Å². The number of nitrogens with one attached hydrogen (secondary N) is 2. The van der Waals surface area contributed by atoms with E-state index in [1.807, 2.05) is 81.4 Å². The molecule has 0 unspecified atom stereocenters. The maximum atomic E-state index is 12.5. The normalized spacial score (nSPS) is 12.5. The smallest absolute Gasteiger partial charge is 0.355 e. The molecule has 6 nitrogen and oxygen atoms in total. The summed E-state index contributed by atoms with van der Waals surface area (Å²) in [6.45, 7) is 18.8. The molecule has 6 heteroatoms. The maximum absolute atomic E-state index is 12.5. The summed E-state index contributed by atoms with van der Waals surface area (Å²) >= 11 is 0. The highest BCUT2D eigenvalue weighted by Gasteiger charge is 2.24. The van der Waals surface area contributed by atoms with E-state index in [4.69, 9.17) is 9.47 Å². The predicted octanol–water partition coefficient (Wildman–Crippen LogP) is 5.66. The van der Waals surface area contributed by atoms with Crippen LogP contribution in [0.4, 0.5) is 0 Å². The molecule has 2 aromatic heterocycles. The minimum atomic E-state index is -0.560. The molecule has 2 N–H and O–H groups in total. The maximum Gasteiger partial charge on any atom is 0.355 e. The average molecular weight is 415 g/mol. The molecule has 2 rings (SSSR count). The largest absolute Gasteiger partial charge is 0.455 e. The molecule has 0 aliphatic heterocycles. The summed E-state index contributed by atoms with van der Waals surface area (Å²) < 4.78 is 11.0. The number of H-pyrrole nitrogens is 2. The van der Waals surface area contributed by atoms with E-state index in [2.05, 4.69) is 9.97 Å². The topological polar surface area (TPSA) is 84.2 Å². The molecule has 0 amide bonds. The van der Waals surface area contributed by atoms with Gasteiger partial charge in [-0.1, -0.05) is 0 Å². The van der Waals surface area contributed by atoms with Crippen LogP contribution in [0.5, 0.6) is 0 Å². The summed E-state index contributed by atoms with van der Waals surface area (Å²) in [6.07, 6.45) is 3.79. The fourth-order valence-electron chi connectivity index (χ4n) is 2.99. The first-order chi connectivity index (χ1) is 13.6. The molecule has 0 saturated carbocycles. The van der Waals surface area contributed by atoms with Crippen LogP contribution in [0.3, 0.4) is 0 Å². The van der Waals surface area contributed by atoms with Gasteiger partial charge < -0.3 is 19.4 Å². The van der Waals surface area contributed by atoms with E-state index in [1.165, 1.54) is 0 Å². The molecule has 0 saturated heterocycles. The number of hydrogen-bond donors (Lipinski definition) is 2. The Bertz CT molecular complexity index is 912. The van der Waals surface area contributed by atoms with E-state index in [1.54, 1.807) is 0 Å². The number of aromatic nitrogens is 2. The van der Waals surface area contributed by atoms with Crippen molar-refractivity contribution >= 4 is 24.1 Å².